The summed E-state index contributed by atoms with van der Waals surface area (Å²) in [7, 11) is 2.23. The van der Waals surface area contributed by atoms with Crippen molar-refractivity contribution in [2.75, 3.05) is 7.05 Å². The zero-order valence-electron chi connectivity index (χ0n) is 13.1. The highest BCUT2D eigenvalue weighted by molar-refractivity contribution is 7.13. The third kappa shape index (κ3) is 3.55. The number of hydrogen-bond donors (Lipinski definition) is 0. The van der Waals surface area contributed by atoms with Crippen LogP contribution < -0.4 is 0 Å². The highest BCUT2D eigenvalue weighted by Gasteiger charge is 2.22. The fraction of sp³-hybridized carbons (Fsp3) is 0.588. The van der Waals surface area contributed by atoms with Crippen molar-refractivity contribution in [1.82, 2.24) is 9.88 Å². The van der Waals surface area contributed by atoms with Gasteiger partial charge < -0.3 is 4.42 Å². The minimum atomic E-state index is 0.720. The third-order valence-corrected chi connectivity index (χ3v) is 5.43. The number of aromatic nitrogens is 1. The molecular formula is C17H24N2OS. The SMILES string of the molecule is Cc1ccc(-c2nc(CN(C)C3CCC(C)CC3)cs2)o1. The number of nitrogens with zero attached hydrogens (tertiary/aromatic N) is 2. The van der Waals surface area contributed by atoms with Crippen LogP contribution in [0.15, 0.2) is 21.9 Å². The van der Waals surface area contributed by atoms with Crippen LogP contribution in [-0.2, 0) is 6.54 Å². The predicted octanol–water partition coefficient (Wildman–Crippen LogP) is 4.72. The first-order valence-corrected chi connectivity index (χ1v) is 8.71. The molecule has 1 fully saturated rings. The van der Waals surface area contributed by atoms with Gasteiger partial charge in [-0.25, -0.2) is 4.98 Å². The van der Waals surface area contributed by atoms with Crippen LogP contribution in [0, 0.1) is 12.8 Å². The Hall–Kier alpha value is -1.13. The van der Waals surface area contributed by atoms with E-state index in [1.165, 1.54) is 25.7 Å². The largest absolute Gasteiger partial charge is 0.459 e. The Morgan fingerprint density at radius 3 is 2.71 bits per heavy atom. The smallest absolute Gasteiger partial charge is 0.162 e. The molecule has 2 heterocycles. The van der Waals surface area contributed by atoms with E-state index in [-0.39, 0.29) is 0 Å². The fourth-order valence-corrected chi connectivity index (χ4v) is 3.88. The summed E-state index contributed by atoms with van der Waals surface area (Å²) in [6.07, 6.45) is 5.38. The first-order chi connectivity index (χ1) is 10.1. The highest BCUT2D eigenvalue weighted by atomic mass is 32.1. The normalized spacial score (nSPS) is 22.9. The molecule has 0 bridgehead atoms. The molecule has 0 N–H and O–H groups in total. The first kappa shape index (κ1) is 14.8. The molecular weight excluding hydrogens is 280 g/mol. The summed E-state index contributed by atoms with van der Waals surface area (Å²) in [5.41, 5.74) is 1.16. The zero-order chi connectivity index (χ0) is 14.8. The summed E-state index contributed by atoms with van der Waals surface area (Å²) in [6.45, 7) is 5.28. The number of aryl methyl sites for hydroxylation is 1. The monoisotopic (exact) mass is 304 g/mol. The van der Waals surface area contributed by atoms with Crippen molar-refractivity contribution in [3.05, 3.63) is 29.0 Å². The number of rotatable bonds is 4. The molecule has 0 spiro atoms. The van der Waals surface area contributed by atoms with Crippen LogP contribution >= 0.6 is 11.3 Å². The van der Waals surface area contributed by atoms with Crippen LogP contribution in [0.2, 0.25) is 0 Å². The lowest BCUT2D eigenvalue weighted by Gasteiger charge is -2.33. The van der Waals surface area contributed by atoms with E-state index in [1.807, 2.05) is 19.1 Å². The van der Waals surface area contributed by atoms with Gasteiger partial charge in [0.1, 0.15) is 5.76 Å². The maximum atomic E-state index is 5.65. The summed E-state index contributed by atoms with van der Waals surface area (Å²) >= 11 is 1.67. The molecule has 3 nitrogen and oxygen atoms in total. The van der Waals surface area contributed by atoms with Gasteiger partial charge in [-0.05, 0) is 57.7 Å². The number of furan rings is 1. The van der Waals surface area contributed by atoms with Gasteiger partial charge in [0.25, 0.3) is 0 Å². The molecule has 1 saturated carbocycles. The minimum Gasteiger partial charge on any atom is -0.459 e. The van der Waals surface area contributed by atoms with Crippen LogP contribution in [-0.4, -0.2) is 23.0 Å². The van der Waals surface area contributed by atoms with Crippen molar-refractivity contribution in [2.24, 2.45) is 5.92 Å². The van der Waals surface area contributed by atoms with E-state index in [1.54, 1.807) is 11.3 Å². The molecule has 114 valence electrons. The van der Waals surface area contributed by atoms with Crippen molar-refractivity contribution in [3.8, 4) is 10.8 Å². The van der Waals surface area contributed by atoms with Crippen molar-refractivity contribution in [3.63, 3.8) is 0 Å². The Bertz CT molecular complexity index is 581. The van der Waals surface area contributed by atoms with Crippen LogP contribution in [0.1, 0.15) is 44.1 Å². The Morgan fingerprint density at radius 2 is 2.05 bits per heavy atom. The van der Waals surface area contributed by atoms with E-state index < -0.39 is 0 Å². The van der Waals surface area contributed by atoms with Gasteiger partial charge in [-0.15, -0.1) is 11.3 Å². The molecule has 0 unspecified atom stereocenters. The molecule has 1 aliphatic carbocycles. The summed E-state index contributed by atoms with van der Waals surface area (Å²) in [6, 6.07) is 4.72. The van der Waals surface area contributed by atoms with E-state index in [4.69, 9.17) is 9.40 Å². The van der Waals surface area contributed by atoms with E-state index in [9.17, 15) is 0 Å². The van der Waals surface area contributed by atoms with E-state index in [0.29, 0.717) is 0 Å². The van der Waals surface area contributed by atoms with Gasteiger partial charge in [0.2, 0.25) is 0 Å². The van der Waals surface area contributed by atoms with Crippen LogP contribution in [0.3, 0.4) is 0 Å². The Morgan fingerprint density at radius 1 is 1.29 bits per heavy atom. The Kier molecular flexibility index (Phi) is 4.45. The second-order valence-corrected chi connectivity index (χ2v) is 7.24. The average molecular weight is 304 g/mol. The number of hydrogen-bond acceptors (Lipinski definition) is 4. The lowest BCUT2D eigenvalue weighted by molar-refractivity contribution is 0.162. The topological polar surface area (TPSA) is 29.3 Å². The summed E-state index contributed by atoms with van der Waals surface area (Å²) in [5.74, 6) is 2.73. The lowest BCUT2D eigenvalue weighted by Crippen LogP contribution is -2.34. The molecule has 2 aromatic rings. The molecule has 1 aliphatic rings. The number of thiazole rings is 1. The van der Waals surface area contributed by atoms with Gasteiger partial charge in [-0.2, -0.15) is 0 Å². The molecule has 3 rings (SSSR count). The summed E-state index contributed by atoms with van der Waals surface area (Å²) in [4.78, 5) is 7.20. The lowest BCUT2D eigenvalue weighted by atomic mass is 9.87. The zero-order valence-corrected chi connectivity index (χ0v) is 13.9. The second kappa shape index (κ2) is 6.32. The van der Waals surface area contributed by atoms with Crippen molar-refractivity contribution >= 4 is 11.3 Å². The summed E-state index contributed by atoms with van der Waals surface area (Å²) in [5, 5.41) is 3.15. The Labute approximate surface area is 131 Å². The standard InChI is InChI=1S/C17H24N2OS/c1-12-4-7-15(8-5-12)19(3)10-14-11-21-17(18-14)16-9-6-13(2)20-16/h6,9,11-12,15H,4-5,7-8,10H2,1-3H3. The Balaban J connectivity index is 1.61. The molecule has 0 aromatic carbocycles. The highest BCUT2D eigenvalue weighted by Crippen LogP contribution is 2.29. The quantitative estimate of drug-likeness (QED) is 0.818. The minimum absolute atomic E-state index is 0.720. The average Bonchev–Trinajstić information content (AvgIpc) is 3.08. The van der Waals surface area contributed by atoms with E-state index in [2.05, 4.69) is 24.3 Å². The molecule has 0 aliphatic heterocycles. The molecule has 0 amide bonds. The molecule has 0 atom stereocenters. The van der Waals surface area contributed by atoms with Crippen LogP contribution in [0.4, 0.5) is 0 Å². The van der Waals surface area contributed by atoms with Gasteiger partial charge in [-0.3, -0.25) is 4.90 Å². The molecule has 4 heteroatoms. The summed E-state index contributed by atoms with van der Waals surface area (Å²) < 4.78 is 5.65. The second-order valence-electron chi connectivity index (χ2n) is 6.38. The van der Waals surface area contributed by atoms with Crippen molar-refractivity contribution in [1.29, 1.82) is 0 Å². The van der Waals surface area contributed by atoms with Crippen LogP contribution in [0.25, 0.3) is 10.8 Å². The van der Waals surface area contributed by atoms with Gasteiger partial charge in [-0.1, -0.05) is 6.92 Å². The molecule has 2 aromatic heterocycles. The molecule has 0 radical (unpaired) electrons. The van der Waals surface area contributed by atoms with Gasteiger partial charge in [0.05, 0.1) is 5.69 Å². The maximum absolute atomic E-state index is 5.65. The van der Waals surface area contributed by atoms with Crippen molar-refractivity contribution < 1.29 is 4.42 Å². The fourth-order valence-electron chi connectivity index (χ4n) is 3.11. The third-order valence-electron chi connectivity index (χ3n) is 4.52. The first-order valence-electron chi connectivity index (χ1n) is 7.83. The van der Waals surface area contributed by atoms with E-state index >= 15 is 0 Å². The predicted molar refractivity (Wildman–Crippen MR) is 87.4 cm³/mol. The van der Waals surface area contributed by atoms with E-state index in [0.717, 1.165) is 40.7 Å². The maximum Gasteiger partial charge on any atom is 0.162 e. The van der Waals surface area contributed by atoms with Gasteiger partial charge in [0, 0.05) is 18.0 Å². The van der Waals surface area contributed by atoms with Crippen molar-refractivity contribution in [2.45, 2.75) is 52.1 Å². The molecule has 21 heavy (non-hydrogen) atoms. The molecule has 0 saturated heterocycles. The van der Waals surface area contributed by atoms with Gasteiger partial charge >= 0.3 is 0 Å². The van der Waals surface area contributed by atoms with Gasteiger partial charge in [0.15, 0.2) is 10.8 Å². The van der Waals surface area contributed by atoms with Crippen LogP contribution in [0.5, 0.6) is 0 Å².